The van der Waals surface area contributed by atoms with Crippen molar-refractivity contribution < 1.29 is 29.0 Å². The normalized spacial score (nSPS) is 9.57. The zero-order valence-corrected chi connectivity index (χ0v) is 11.2. The quantitative estimate of drug-likeness (QED) is 0.482. The van der Waals surface area contributed by atoms with Gasteiger partial charge in [0.15, 0.2) is 0 Å². The molecule has 1 aromatic carbocycles. The van der Waals surface area contributed by atoms with E-state index in [9.17, 15) is 19.2 Å². The number of esters is 1. The minimum atomic E-state index is -1.18. The summed E-state index contributed by atoms with van der Waals surface area (Å²) in [7, 11) is 0. The number of nitrogens with one attached hydrogen (secondary N) is 2. The summed E-state index contributed by atoms with van der Waals surface area (Å²) in [4.78, 5) is 44.1. The van der Waals surface area contributed by atoms with Crippen molar-refractivity contribution in [2.24, 2.45) is 0 Å². The zero-order valence-electron chi connectivity index (χ0n) is 11.2. The van der Waals surface area contributed by atoms with E-state index in [4.69, 9.17) is 9.84 Å². The van der Waals surface area contributed by atoms with E-state index in [0.29, 0.717) is 0 Å². The van der Waals surface area contributed by atoms with E-state index in [2.05, 4.69) is 10.6 Å². The van der Waals surface area contributed by atoms with Gasteiger partial charge in [0.2, 0.25) is 5.91 Å². The molecule has 21 heavy (non-hydrogen) atoms. The molecule has 0 aliphatic rings. The molecule has 0 unspecified atom stereocenters. The first-order valence-corrected chi connectivity index (χ1v) is 5.93. The van der Waals surface area contributed by atoms with E-state index < -0.39 is 30.3 Å². The van der Waals surface area contributed by atoms with Gasteiger partial charge in [0.25, 0.3) is 5.91 Å². The van der Waals surface area contributed by atoms with Crippen LogP contribution in [-0.4, -0.2) is 41.9 Å². The second-order valence-electron chi connectivity index (χ2n) is 3.97. The first kappa shape index (κ1) is 16.2. The van der Waals surface area contributed by atoms with Gasteiger partial charge >= 0.3 is 11.9 Å². The van der Waals surface area contributed by atoms with Crippen molar-refractivity contribution in [2.75, 3.05) is 13.1 Å². The fourth-order valence-electron chi connectivity index (χ4n) is 1.37. The first-order valence-electron chi connectivity index (χ1n) is 5.93. The summed E-state index contributed by atoms with van der Waals surface area (Å²) in [5.74, 6) is -2.65. The van der Waals surface area contributed by atoms with E-state index in [0.717, 1.165) is 0 Å². The molecule has 8 nitrogen and oxygen atoms in total. The predicted octanol–water partition coefficient (Wildman–Crippen LogP) is -0.457. The topological polar surface area (TPSA) is 122 Å². The lowest BCUT2D eigenvalue weighted by Crippen LogP contribution is -2.39. The number of carboxylic acids is 1. The highest BCUT2D eigenvalue weighted by molar-refractivity contribution is 5.97. The van der Waals surface area contributed by atoms with Crippen LogP contribution in [0.3, 0.4) is 0 Å². The second kappa shape index (κ2) is 7.63. The number of aliphatic carboxylic acids is 1. The van der Waals surface area contributed by atoms with Crippen molar-refractivity contribution in [2.45, 2.75) is 6.92 Å². The second-order valence-corrected chi connectivity index (χ2v) is 3.97. The van der Waals surface area contributed by atoms with Crippen molar-refractivity contribution in [3.8, 4) is 5.75 Å². The predicted molar refractivity (Wildman–Crippen MR) is 70.7 cm³/mol. The van der Waals surface area contributed by atoms with E-state index in [1.807, 2.05) is 0 Å². The molecule has 0 fully saturated rings. The molecule has 1 aromatic rings. The van der Waals surface area contributed by atoms with Gasteiger partial charge in [-0.15, -0.1) is 0 Å². The smallest absolute Gasteiger partial charge is 0.322 e. The summed E-state index contributed by atoms with van der Waals surface area (Å²) in [6, 6.07) is 5.87. The van der Waals surface area contributed by atoms with E-state index in [1.165, 1.54) is 31.2 Å². The number of amides is 2. The monoisotopic (exact) mass is 294 g/mol. The van der Waals surface area contributed by atoms with Gasteiger partial charge in [-0.2, -0.15) is 0 Å². The van der Waals surface area contributed by atoms with Gasteiger partial charge in [-0.1, -0.05) is 6.07 Å². The molecular formula is C13H14N2O6. The molecule has 8 heteroatoms. The van der Waals surface area contributed by atoms with Crippen LogP contribution in [0.2, 0.25) is 0 Å². The lowest BCUT2D eigenvalue weighted by Gasteiger charge is -2.07. The van der Waals surface area contributed by atoms with E-state index in [1.54, 1.807) is 0 Å². The average molecular weight is 294 g/mol. The summed E-state index contributed by atoms with van der Waals surface area (Å²) in [6.45, 7) is 0.361. The van der Waals surface area contributed by atoms with Gasteiger partial charge in [-0.05, 0) is 18.2 Å². The lowest BCUT2D eigenvalue weighted by atomic mass is 10.2. The molecule has 0 saturated heterocycles. The van der Waals surface area contributed by atoms with Gasteiger partial charge in [-0.3, -0.25) is 19.2 Å². The third kappa shape index (κ3) is 6.19. The molecule has 0 bridgehead atoms. The fraction of sp³-hybridized carbons (Fsp3) is 0.231. The van der Waals surface area contributed by atoms with Gasteiger partial charge in [0.1, 0.15) is 12.3 Å². The maximum Gasteiger partial charge on any atom is 0.322 e. The summed E-state index contributed by atoms with van der Waals surface area (Å²) in [5.41, 5.74) is 0.208. The highest BCUT2D eigenvalue weighted by atomic mass is 16.5. The third-order valence-electron chi connectivity index (χ3n) is 2.20. The average Bonchev–Trinajstić information content (AvgIpc) is 2.42. The van der Waals surface area contributed by atoms with Crippen LogP contribution in [0.25, 0.3) is 0 Å². The number of carboxylic acid groups (broad SMARTS) is 1. The Morgan fingerprint density at radius 3 is 2.48 bits per heavy atom. The number of benzene rings is 1. The third-order valence-corrected chi connectivity index (χ3v) is 2.20. The van der Waals surface area contributed by atoms with Crippen molar-refractivity contribution in [1.29, 1.82) is 0 Å². The number of hydrogen-bond acceptors (Lipinski definition) is 5. The summed E-state index contributed by atoms with van der Waals surface area (Å²) in [6.07, 6.45) is 0. The molecule has 0 spiro atoms. The van der Waals surface area contributed by atoms with Crippen LogP contribution >= 0.6 is 0 Å². The molecule has 0 aliphatic heterocycles. The maximum atomic E-state index is 11.8. The Hall–Kier alpha value is -2.90. The molecule has 0 atom stereocenters. The highest BCUT2D eigenvalue weighted by Gasteiger charge is 2.10. The Balaban J connectivity index is 2.53. The van der Waals surface area contributed by atoms with Crippen molar-refractivity contribution in [3.05, 3.63) is 29.8 Å². The van der Waals surface area contributed by atoms with Gasteiger partial charge in [0.05, 0.1) is 6.54 Å². The number of ether oxygens (including phenoxy) is 1. The standard InChI is InChI=1S/C13H14N2O6/c1-8(16)21-10-4-2-3-9(5-10)13(20)15-6-11(17)14-7-12(18)19/h2-5H,6-7H2,1H3,(H,14,17)(H,15,20)(H,18,19). The number of carbonyl (C=O) groups excluding carboxylic acids is 3. The largest absolute Gasteiger partial charge is 0.480 e. The molecule has 0 aliphatic carbocycles. The van der Waals surface area contributed by atoms with Crippen molar-refractivity contribution in [3.63, 3.8) is 0 Å². The Labute approximate surface area is 120 Å². The van der Waals surface area contributed by atoms with Crippen LogP contribution in [0.5, 0.6) is 5.75 Å². The molecule has 0 aromatic heterocycles. The van der Waals surface area contributed by atoms with Gasteiger partial charge < -0.3 is 20.5 Å². The molecule has 1 rings (SSSR count). The molecule has 0 saturated carbocycles. The van der Waals surface area contributed by atoms with Crippen molar-refractivity contribution >= 4 is 23.8 Å². The Bertz CT molecular complexity index is 570. The van der Waals surface area contributed by atoms with Crippen LogP contribution in [0, 0.1) is 0 Å². The Kier molecular flexibility index (Phi) is 5.87. The van der Waals surface area contributed by atoms with Gasteiger partial charge in [-0.25, -0.2) is 0 Å². The first-order chi connectivity index (χ1) is 9.88. The Morgan fingerprint density at radius 1 is 1.14 bits per heavy atom. The van der Waals surface area contributed by atoms with Crippen LogP contribution in [0.15, 0.2) is 24.3 Å². The summed E-state index contributed by atoms with van der Waals surface area (Å²) in [5, 5.41) is 12.8. The van der Waals surface area contributed by atoms with Crippen LogP contribution in [0.1, 0.15) is 17.3 Å². The van der Waals surface area contributed by atoms with Crippen LogP contribution < -0.4 is 15.4 Å². The van der Waals surface area contributed by atoms with Crippen LogP contribution in [-0.2, 0) is 14.4 Å². The Morgan fingerprint density at radius 2 is 1.86 bits per heavy atom. The van der Waals surface area contributed by atoms with Gasteiger partial charge in [0, 0.05) is 12.5 Å². The fourth-order valence-corrected chi connectivity index (χ4v) is 1.37. The highest BCUT2D eigenvalue weighted by Crippen LogP contribution is 2.13. The minimum Gasteiger partial charge on any atom is -0.480 e. The molecule has 112 valence electrons. The molecule has 0 radical (unpaired) electrons. The van der Waals surface area contributed by atoms with Crippen molar-refractivity contribution in [1.82, 2.24) is 10.6 Å². The summed E-state index contributed by atoms with van der Waals surface area (Å²) >= 11 is 0. The van der Waals surface area contributed by atoms with Crippen LogP contribution in [0.4, 0.5) is 0 Å². The van der Waals surface area contributed by atoms with E-state index >= 15 is 0 Å². The number of rotatable bonds is 6. The molecule has 0 heterocycles. The molecule has 2 amide bonds. The SMILES string of the molecule is CC(=O)Oc1cccc(C(=O)NCC(=O)NCC(=O)O)c1. The maximum absolute atomic E-state index is 11.8. The zero-order chi connectivity index (χ0) is 15.8. The number of carbonyl (C=O) groups is 4. The number of hydrogen-bond donors (Lipinski definition) is 3. The lowest BCUT2D eigenvalue weighted by molar-refractivity contribution is -0.137. The minimum absolute atomic E-state index is 0.208. The summed E-state index contributed by atoms with van der Waals surface area (Å²) < 4.78 is 4.83. The molecule has 3 N–H and O–H groups in total. The molecular weight excluding hydrogens is 280 g/mol. The van der Waals surface area contributed by atoms with E-state index in [-0.39, 0.29) is 17.9 Å².